The van der Waals surface area contributed by atoms with Crippen molar-refractivity contribution in [3.05, 3.63) is 66.8 Å². The van der Waals surface area contributed by atoms with Gasteiger partial charge in [0.2, 0.25) is 0 Å². The van der Waals surface area contributed by atoms with Crippen LogP contribution in [0.25, 0.3) is 11.3 Å². The number of nitrogens with one attached hydrogen (secondary N) is 2. The minimum atomic E-state index is 0.0959. The summed E-state index contributed by atoms with van der Waals surface area (Å²) in [5.41, 5.74) is 11.0. The number of hydrogen-bond donors (Lipinski definition) is 3. The van der Waals surface area contributed by atoms with Crippen molar-refractivity contribution >= 4 is 23.0 Å². The Hall–Kier alpha value is -3.08. The van der Waals surface area contributed by atoms with Crippen LogP contribution in [0.5, 0.6) is 0 Å². The number of carbonyl (C=O) groups is 1. The van der Waals surface area contributed by atoms with Crippen molar-refractivity contribution in [2.45, 2.75) is 12.8 Å². The highest BCUT2D eigenvalue weighted by Gasteiger charge is 2.30. The molecule has 0 saturated carbocycles. The normalized spacial score (nSPS) is 16.5. The molecule has 25 heavy (non-hydrogen) atoms. The predicted molar refractivity (Wildman–Crippen MR) is 99.7 cm³/mol. The fourth-order valence-corrected chi connectivity index (χ4v) is 3.35. The summed E-state index contributed by atoms with van der Waals surface area (Å²) in [6.45, 7) is 4.07. The third-order valence-corrected chi connectivity index (χ3v) is 4.44. The number of para-hydroxylation sites is 1. The number of rotatable bonds is 3. The van der Waals surface area contributed by atoms with Crippen LogP contribution in [0.3, 0.4) is 0 Å². The van der Waals surface area contributed by atoms with Crippen LogP contribution in [0.4, 0.5) is 17.2 Å². The van der Waals surface area contributed by atoms with Crippen LogP contribution in [-0.4, -0.2) is 15.8 Å². The van der Waals surface area contributed by atoms with E-state index in [-0.39, 0.29) is 11.7 Å². The third kappa shape index (κ3) is 2.89. The average molecular weight is 331 g/mol. The maximum absolute atomic E-state index is 12.7. The molecule has 2 heterocycles. The maximum atomic E-state index is 12.7. The van der Waals surface area contributed by atoms with Crippen LogP contribution in [-0.2, 0) is 6.42 Å². The van der Waals surface area contributed by atoms with Gasteiger partial charge in [-0.05, 0) is 43.5 Å². The quantitative estimate of drug-likeness (QED) is 0.678. The maximum Gasteiger partial charge on any atom is 0.167 e. The highest BCUT2D eigenvalue weighted by molar-refractivity contribution is 6.07. The molecule has 2 aromatic heterocycles. The summed E-state index contributed by atoms with van der Waals surface area (Å²) in [5, 5.41) is 3.41. The van der Waals surface area contributed by atoms with Gasteiger partial charge >= 0.3 is 0 Å². The molecular formula is C20H19N4O. The fraction of sp³-hybridized carbons (Fsp3) is 0.150. The number of aromatic nitrogens is 2. The summed E-state index contributed by atoms with van der Waals surface area (Å²) in [6.07, 6.45) is 2.89. The van der Waals surface area contributed by atoms with Gasteiger partial charge in [-0.15, -0.1) is 0 Å². The number of carbonyl (C=O) groups excluding carboxylic acids is 1. The first-order valence-corrected chi connectivity index (χ1v) is 8.27. The predicted octanol–water partition coefficient (Wildman–Crippen LogP) is 3.98. The molecule has 4 N–H and O–H groups in total. The van der Waals surface area contributed by atoms with E-state index in [4.69, 9.17) is 5.73 Å². The van der Waals surface area contributed by atoms with Crippen LogP contribution in [0.1, 0.15) is 22.5 Å². The highest BCUT2D eigenvalue weighted by atomic mass is 16.1. The highest BCUT2D eigenvalue weighted by Crippen LogP contribution is 2.39. The number of ketones is 1. The summed E-state index contributed by atoms with van der Waals surface area (Å²) >= 11 is 0. The van der Waals surface area contributed by atoms with E-state index in [1.54, 1.807) is 12.3 Å². The molecule has 1 atom stereocenters. The van der Waals surface area contributed by atoms with Crippen LogP contribution in [0.2, 0.25) is 0 Å². The van der Waals surface area contributed by atoms with Gasteiger partial charge in [0.15, 0.2) is 5.78 Å². The Morgan fingerprint density at radius 2 is 2.00 bits per heavy atom. The van der Waals surface area contributed by atoms with Crippen LogP contribution in [0, 0.1) is 12.8 Å². The molecular weight excluding hydrogens is 312 g/mol. The molecule has 0 bridgehead atoms. The van der Waals surface area contributed by atoms with E-state index in [0.29, 0.717) is 12.2 Å². The zero-order valence-electron chi connectivity index (χ0n) is 13.8. The van der Waals surface area contributed by atoms with Gasteiger partial charge in [-0.3, -0.25) is 4.79 Å². The number of anilines is 3. The number of Topliss-reactive ketones (excluding diaryl/α,β-unsaturated/α-hetero) is 1. The van der Waals surface area contributed by atoms with Crippen molar-refractivity contribution in [1.29, 1.82) is 0 Å². The summed E-state index contributed by atoms with van der Waals surface area (Å²) < 4.78 is 0. The molecule has 1 unspecified atom stereocenters. The summed E-state index contributed by atoms with van der Waals surface area (Å²) in [6, 6.07) is 13.5. The summed E-state index contributed by atoms with van der Waals surface area (Å²) in [7, 11) is 0. The lowest BCUT2D eigenvalue weighted by molar-refractivity contribution is 0.0959. The number of nitrogens with zero attached hydrogens (tertiary/aromatic N) is 1. The van der Waals surface area contributed by atoms with Gasteiger partial charge in [0, 0.05) is 29.6 Å². The van der Waals surface area contributed by atoms with Crippen LogP contribution < -0.4 is 11.1 Å². The minimum absolute atomic E-state index is 0.0959. The van der Waals surface area contributed by atoms with E-state index in [9.17, 15) is 4.79 Å². The topological polar surface area (TPSA) is 83.8 Å². The Kier molecular flexibility index (Phi) is 3.76. The van der Waals surface area contributed by atoms with E-state index in [0.717, 1.165) is 40.3 Å². The lowest BCUT2D eigenvalue weighted by atomic mass is 9.87. The lowest BCUT2D eigenvalue weighted by Crippen LogP contribution is -2.18. The fourth-order valence-electron chi connectivity index (χ4n) is 3.35. The number of pyridine rings is 1. The Labute approximate surface area is 146 Å². The van der Waals surface area contributed by atoms with Gasteiger partial charge < -0.3 is 16.0 Å². The Morgan fingerprint density at radius 1 is 1.20 bits per heavy atom. The van der Waals surface area contributed by atoms with Crippen LogP contribution in [0.15, 0.2) is 48.7 Å². The van der Waals surface area contributed by atoms with Crippen molar-refractivity contribution in [2.24, 2.45) is 5.92 Å². The second-order valence-electron chi connectivity index (χ2n) is 6.39. The first-order chi connectivity index (χ1) is 12.1. The molecule has 1 aliphatic carbocycles. The van der Waals surface area contributed by atoms with Gasteiger partial charge in [-0.1, -0.05) is 18.2 Å². The Morgan fingerprint density at radius 3 is 2.76 bits per heavy atom. The molecule has 0 fully saturated rings. The molecule has 4 rings (SSSR count). The molecule has 0 saturated heterocycles. The first-order valence-electron chi connectivity index (χ1n) is 8.27. The number of aromatic amines is 1. The average Bonchev–Trinajstić information content (AvgIpc) is 2.94. The number of H-pyrrole nitrogens is 1. The van der Waals surface area contributed by atoms with Gasteiger partial charge in [-0.2, -0.15) is 0 Å². The zero-order chi connectivity index (χ0) is 17.4. The smallest absolute Gasteiger partial charge is 0.167 e. The lowest BCUT2D eigenvalue weighted by Gasteiger charge is -2.18. The largest absolute Gasteiger partial charge is 0.384 e. The zero-order valence-corrected chi connectivity index (χ0v) is 13.8. The first kappa shape index (κ1) is 15.4. The molecule has 1 aromatic carbocycles. The standard InChI is InChI=1S/C20H19N4O/c1-12-9-15-18(16(25)10-12)20(23-14-5-3-2-4-6-14)19(24-15)13-7-8-22-17(21)11-13/h2-8,11-12,23-24H,1,9-10H2,(H2,21,22). The molecule has 3 aromatic rings. The van der Waals surface area contributed by atoms with Gasteiger partial charge in [0.1, 0.15) is 5.82 Å². The van der Waals surface area contributed by atoms with Crippen molar-refractivity contribution < 1.29 is 4.79 Å². The number of nitrogens with two attached hydrogens (primary N) is 1. The molecule has 5 heteroatoms. The number of benzene rings is 1. The second-order valence-corrected chi connectivity index (χ2v) is 6.39. The van der Waals surface area contributed by atoms with Gasteiger partial charge in [0.05, 0.1) is 16.9 Å². The van der Waals surface area contributed by atoms with E-state index in [2.05, 4.69) is 22.2 Å². The number of nitrogen functional groups attached to an aromatic ring is 1. The molecule has 1 radical (unpaired) electrons. The molecule has 0 amide bonds. The van der Waals surface area contributed by atoms with E-state index >= 15 is 0 Å². The molecule has 0 spiro atoms. The number of hydrogen-bond acceptors (Lipinski definition) is 4. The van der Waals surface area contributed by atoms with Crippen molar-refractivity contribution in [3.63, 3.8) is 0 Å². The van der Waals surface area contributed by atoms with Gasteiger partial charge in [0.25, 0.3) is 0 Å². The molecule has 125 valence electrons. The second kappa shape index (κ2) is 6.09. The number of fused-ring (bicyclic) bond motifs is 1. The Balaban J connectivity index is 1.88. The molecule has 5 nitrogen and oxygen atoms in total. The van der Waals surface area contributed by atoms with Crippen molar-refractivity contribution in [3.8, 4) is 11.3 Å². The van der Waals surface area contributed by atoms with Crippen molar-refractivity contribution in [1.82, 2.24) is 9.97 Å². The summed E-state index contributed by atoms with van der Waals surface area (Å²) in [4.78, 5) is 20.2. The monoisotopic (exact) mass is 331 g/mol. The minimum Gasteiger partial charge on any atom is -0.384 e. The van der Waals surface area contributed by atoms with Crippen LogP contribution >= 0.6 is 0 Å². The van der Waals surface area contributed by atoms with E-state index in [1.807, 2.05) is 36.4 Å². The van der Waals surface area contributed by atoms with Crippen molar-refractivity contribution in [2.75, 3.05) is 11.1 Å². The SMILES string of the molecule is [CH2]C1CC(=O)c2c([nH]c(-c3ccnc(N)c3)c2Nc2ccccc2)C1. The van der Waals surface area contributed by atoms with E-state index in [1.165, 1.54) is 0 Å². The van der Waals surface area contributed by atoms with E-state index < -0.39 is 0 Å². The summed E-state index contributed by atoms with van der Waals surface area (Å²) in [5.74, 6) is 0.653. The van der Waals surface area contributed by atoms with Gasteiger partial charge in [-0.25, -0.2) is 4.98 Å². The third-order valence-electron chi connectivity index (χ3n) is 4.44. The Bertz CT molecular complexity index is 930. The molecule has 1 aliphatic rings. The molecule has 0 aliphatic heterocycles.